The Morgan fingerprint density at radius 2 is 2.06 bits per heavy atom. The van der Waals surface area contributed by atoms with Gasteiger partial charge in [0.25, 0.3) is 0 Å². The maximum absolute atomic E-state index is 13.4. The van der Waals surface area contributed by atoms with Crippen molar-refractivity contribution < 1.29 is 13.5 Å². The number of nitrogens with zero attached hydrogens (tertiary/aromatic N) is 2. The van der Waals surface area contributed by atoms with Gasteiger partial charge in [-0.15, -0.1) is 0 Å². The molecule has 6 heteroatoms. The van der Waals surface area contributed by atoms with Gasteiger partial charge in [0.1, 0.15) is 23.5 Å². The Labute approximate surface area is 103 Å². The molecule has 1 N–H and O–H groups in total. The van der Waals surface area contributed by atoms with Crippen molar-refractivity contribution in [1.29, 1.82) is 10.5 Å². The number of anilines is 1. The summed E-state index contributed by atoms with van der Waals surface area (Å²) >= 11 is 0. The Balaban J connectivity index is 3.12. The molecule has 0 aliphatic carbocycles. The van der Waals surface area contributed by atoms with Gasteiger partial charge in [-0.2, -0.15) is 10.5 Å². The summed E-state index contributed by atoms with van der Waals surface area (Å²) < 4.78 is 31.5. The maximum atomic E-state index is 13.4. The Bertz CT molecular complexity index is 540. The largest absolute Gasteiger partial charge is 0.489 e. The quantitative estimate of drug-likeness (QED) is 0.833. The van der Waals surface area contributed by atoms with Gasteiger partial charge in [-0.1, -0.05) is 0 Å². The zero-order valence-corrected chi connectivity index (χ0v) is 9.50. The van der Waals surface area contributed by atoms with E-state index in [1.54, 1.807) is 19.1 Å². The number of hydrogen-bond acceptors (Lipinski definition) is 4. The van der Waals surface area contributed by atoms with Crippen molar-refractivity contribution >= 4 is 5.69 Å². The number of ether oxygens (including phenoxy) is 1. The maximum Gasteiger partial charge on any atom is 0.178 e. The van der Waals surface area contributed by atoms with Gasteiger partial charge < -0.3 is 10.1 Å². The zero-order valence-electron chi connectivity index (χ0n) is 9.50. The van der Waals surface area contributed by atoms with Crippen molar-refractivity contribution in [1.82, 2.24) is 0 Å². The number of nitriles is 2. The summed E-state index contributed by atoms with van der Waals surface area (Å²) in [7, 11) is 0. The molecular weight excluding hydrogens is 240 g/mol. The van der Waals surface area contributed by atoms with Gasteiger partial charge in [0.05, 0.1) is 12.3 Å². The van der Waals surface area contributed by atoms with Crippen LogP contribution in [0.25, 0.3) is 0 Å². The lowest BCUT2D eigenvalue weighted by Gasteiger charge is -2.11. The van der Waals surface area contributed by atoms with E-state index in [-0.39, 0.29) is 23.6 Å². The van der Waals surface area contributed by atoms with E-state index < -0.39 is 11.6 Å². The fourth-order valence-corrected chi connectivity index (χ4v) is 1.20. The molecule has 0 radical (unpaired) electrons. The number of benzene rings is 1. The van der Waals surface area contributed by atoms with Crippen molar-refractivity contribution in [3.05, 3.63) is 35.5 Å². The van der Waals surface area contributed by atoms with Crippen LogP contribution >= 0.6 is 0 Å². The molecule has 0 amide bonds. The molecule has 0 aliphatic heterocycles. The molecule has 18 heavy (non-hydrogen) atoms. The van der Waals surface area contributed by atoms with Crippen LogP contribution in [0.2, 0.25) is 0 Å². The van der Waals surface area contributed by atoms with Crippen LogP contribution in [0, 0.1) is 34.3 Å². The highest BCUT2D eigenvalue weighted by Gasteiger charge is 2.11. The van der Waals surface area contributed by atoms with E-state index in [2.05, 4.69) is 5.32 Å². The third-order valence-corrected chi connectivity index (χ3v) is 1.91. The molecular formula is C12H9F2N3O. The fraction of sp³-hybridized carbons (Fsp3) is 0.167. The fourth-order valence-electron chi connectivity index (χ4n) is 1.20. The number of allylic oxidation sites excluding steroid dienone is 1. The topological polar surface area (TPSA) is 68.8 Å². The van der Waals surface area contributed by atoms with E-state index in [1.807, 2.05) is 0 Å². The molecule has 0 fully saturated rings. The van der Waals surface area contributed by atoms with Crippen molar-refractivity contribution in [2.45, 2.75) is 6.92 Å². The molecule has 92 valence electrons. The van der Waals surface area contributed by atoms with Gasteiger partial charge in [0, 0.05) is 18.3 Å². The molecule has 0 unspecified atom stereocenters. The van der Waals surface area contributed by atoms with Crippen LogP contribution in [0.4, 0.5) is 14.5 Å². The predicted molar refractivity (Wildman–Crippen MR) is 60.5 cm³/mol. The summed E-state index contributed by atoms with van der Waals surface area (Å²) in [6.07, 6.45) is 1.05. The first-order valence-electron chi connectivity index (χ1n) is 5.01. The minimum absolute atomic E-state index is 0.0114. The molecule has 0 heterocycles. The van der Waals surface area contributed by atoms with E-state index in [1.165, 1.54) is 0 Å². The first-order valence-corrected chi connectivity index (χ1v) is 5.01. The van der Waals surface area contributed by atoms with E-state index in [9.17, 15) is 8.78 Å². The van der Waals surface area contributed by atoms with E-state index in [0.717, 1.165) is 12.3 Å². The van der Waals surface area contributed by atoms with Crippen LogP contribution in [0.5, 0.6) is 5.75 Å². The molecule has 0 aliphatic rings. The van der Waals surface area contributed by atoms with Crippen LogP contribution in [0.1, 0.15) is 6.92 Å². The SMILES string of the molecule is CCOc1c(F)cc(F)cc1NC=C(C#N)C#N. The van der Waals surface area contributed by atoms with Gasteiger partial charge in [0.2, 0.25) is 0 Å². The van der Waals surface area contributed by atoms with Crippen molar-refractivity contribution in [3.63, 3.8) is 0 Å². The number of nitrogens with one attached hydrogen (secondary N) is 1. The van der Waals surface area contributed by atoms with Gasteiger partial charge in [0.15, 0.2) is 11.6 Å². The highest BCUT2D eigenvalue weighted by Crippen LogP contribution is 2.29. The van der Waals surface area contributed by atoms with Crippen LogP contribution in [0.15, 0.2) is 23.9 Å². The molecule has 1 aromatic carbocycles. The first-order chi connectivity index (χ1) is 8.62. The number of halogens is 2. The lowest BCUT2D eigenvalue weighted by Crippen LogP contribution is -2.01. The minimum Gasteiger partial charge on any atom is -0.489 e. The lowest BCUT2D eigenvalue weighted by atomic mass is 10.2. The normalized spacial score (nSPS) is 8.94. The van der Waals surface area contributed by atoms with Crippen molar-refractivity contribution in [2.75, 3.05) is 11.9 Å². The van der Waals surface area contributed by atoms with Gasteiger partial charge >= 0.3 is 0 Å². The first kappa shape index (κ1) is 13.5. The third kappa shape index (κ3) is 3.19. The zero-order chi connectivity index (χ0) is 13.5. The van der Waals surface area contributed by atoms with Gasteiger partial charge in [-0.25, -0.2) is 8.78 Å². The Hall–Kier alpha value is -2.60. The molecule has 4 nitrogen and oxygen atoms in total. The second-order valence-corrected chi connectivity index (χ2v) is 3.12. The monoisotopic (exact) mass is 249 g/mol. The third-order valence-electron chi connectivity index (χ3n) is 1.91. The minimum atomic E-state index is -0.858. The lowest BCUT2D eigenvalue weighted by molar-refractivity contribution is 0.322. The van der Waals surface area contributed by atoms with Crippen LogP contribution in [-0.2, 0) is 0 Å². The van der Waals surface area contributed by atoms with Crippen molar-refractivity contribution in [3.8, 4) is 17.9 Å². The molecule has 0 aromatic heterocycles. The highest BCUT2D eigenvalue weighted by atomic mass is 19.1. The second kappa shape index (κ2) is 6.21. The van der Waals surface area contributed by atoms with Crippen LogP contribution in [-0.4, -0.2) is 6.61 Å². The summed E-state index contributed by atoms with van der Waals surface area (Å²) in [6, 6.07) is 4.92. The molecule has 0 saturated heterocycles. The Morgan fingerprint density at radius 3 is 2.61 bits per heavy atom. The Morgan fingerprint density at radius 1 is 1.39 bits per heavy atom. The van der Waals surface area contributed by atoms with Crippen molar-refractivity contribution in [2.24, 2.45) is 0 Å². The summed E-state index contributed by atoms with van der Waals surface area (Å²) in [4.78, 5) is 0. The summed E-state index contributed by atoms with van der Waals surface area (Å²) in [5.41, 5.74) is -0.209. The summed E-state index contributed by atoms with van der Waals surface area (Å²) in [5.74, 6) is -1.81. The molecule has 1 aromatic rings. The average Bonchev–Trinajstić information content (AvgIpc) is 2.34. The molecule has 0 spiro atoms. The molecule has 0 saturated carbocycles. The predicted octanol–water partition coefficient (Wildman–Crippen LogP) is 2.71. The smallest absolute Gasteiger partial charge is 0.178 e. The number of hydrogen-bond donors (Lipinski definition) is 1. The van der Waals surface area contributed by atoms with E-state index in [4.69, 9.17) is 15.3 Å². The second-order valence-electron chi connectivity index (χ2n) is 3.12. The van der Waals surface area contributed by atoms with Crippen LogP contribution in [0.3, 0.4) is 0 Å². The number of rotatable bonds is 4. The molecule has 0 bridgehead atoms. The van der Waals surface area contributed by atoms with Gasteiger partial charge in [-0.05, 0) is 6.92 Å². The summed E-state index contributed by atoms with van der Waals surface area (Å²) in [5, 5.41) is 19.5. The Kier molecular flexibility index (Phi) is 4.65. The highest BCUT2D eigenvalue weighted by molar-refractivity contribution is 5.60. The van der Waals surface area contributed by atoms with Gasteiger partial charge in [-0.3, -0.25) is 0 Å². The van der Waals surface area contributed by atoms with E-state index in [0.29, 0.717) is 6.07 Å². The average molecular weight is 249 g/mol. The molecule has 1 rings (SSSR count). The van der Waals surface area contributed by atoms with Crippen LogP contribution < -0.4 is 10.1 Å². The standard InChI is InChI=1S/C12H9F2N3O/c1-2-18-12-10(14)3-9(13)4-11(12)17-7-8(5-15)6-16/h3-4,7,17H,2H2,1H3. The van der Waals surface area contributed by atoms with E-state index >= 15 is 0 Å². The summed E-state index contributed by atoms with van der Waals surface area (Å²) in [6.45, 7) is 1.85. The molecule has 0 atom stereocenters.